The van der Waals surface area contributed by atoms with Crippen molar-refractivity contribution in [3.8, 4) is 0 Å². The third-order valence-corrected chi connectivity index (χ3v) is 4.06. The number of carboxylic acids is 1. The molecule has 2 fully saturated rings. The molecule has 0 saturated heterocycles. The quantitative estimate of drug-likeness (QED) is 0.601. The molecular weight excluding hydrogens is 220 g/mol. The molecule has 4 unspecified atom stereocenters. The molecule has 0 aliphatic heterocycles. The van der Waals surface area contributed by atoms with Gasteiger partial charge in [-0.25, -0.2) is 4.79 Å². The molecule has 2 saturated carbocycles. The Morgan fingerprint density at radius 1 is 1.41 bits per heavy atom. The lowest BCUT2D eigenvalue weighted by molar-refractivity contribution is -0.146. The molecule has 4 atom stereocenters. The molecule has 0 heterocycles. The SMILES string of the molecule is C=C(C)C(=O)OC1CC2CCC1C2CC(=O)O. The van der Waals surface area contributed by atoms with Crippen LogP contribution in [0.2, 0.25) is 0 Å². The van der Waals surface area contributed by atoms with Crippen LogP contribution >= 0.6 is 0 Å². The minimum Gasteiger partial charge on any atom is -0.481 e. The molecular formula is C13H18O4. The Labute approximate surface area is 101 Å². The molecule has 4 nitrogen and oxygen atoms in total. The lowest BCUT2D eigenvalue weighted by atomic mass is 9.94. The fourth-order valence-corrected chi connectivity index (χ4v) is 3.30. The van der Waals surface area contributed by atoms with E-state index in [1.165, 1.54) is 0 Å². The summed E-state index contributed by atoms with van der Waals surface area (Å²) in [7, 11) is 0. The van der Waals surface area contributed by atoms with Gasteiger partial charge in [0.15, 0.2) is 0 Å². The van der Waals surface area contributed by atoms with Crippen LogP contribution in [0.4, 0.5) is 0 Å². The molecule has 2 rings (SSSR count). The molecule has 17 heavy (non-hydrogen) atoms. The second-order valence-corrected chi connectivity index (χ2v) is 5.22. The van der Waals surface area contributed by atoms with Crippen LogP contribution in [0, 0.1) is 17.8 Å². The van der Waals surface area contributed by atoms with Crippen molar-refractivity contribution in [1.82, 2.24) is 0 Å². The van der Waals surface area contributed by atoms with E-state index in [4.69, 9.17) is 9.84 Å². The summed E-state index contributed by atoms with van der Waals surface area (Å²) < 4.78 is 5.39. The number of esters is 1. The summed E-state index contributed by atoms with van der Waals surface area (Å²) in [6.07, 6.45) is 2.99. The first-order valence-corrected chi connectivity index (χ1v) is 6.07. The Morgan fingerprint density at radius 3 is 2.71 bits per heavy atom. The molecule has 2 aliphatic rings. The summed E-state index contributed by atoms with van der Waals surface area (Å²) >= 11 is 0. The highest BCUT2D eigenvalue weighted by Gasteiger charge is 2.50. The molecule has 0 aromatic carbocycles. The van der Waals surface area contributed by atoms with Gasteiger partial charge in [-0.05, 0) is 43.9 Å². The van der Waals surface area contributed by atoms with E-state index in [9.17, 15) is 9.59 Å². The molecule has 1 N–H and O–H groups in total. The van der Waals surface area contributed by atoms with Crippen molar-refractivity contribution in [2.75, 3.05) is 0 Å². The number of carbonyl (C=O) groups excluding carboxylic acids is 1. The van der Waals surface area contributed by atoms with Gasteiger partial charge in [-0.1, -0.05) is 6.58 Å². The molecule has 4 heteroatoms. The number of carbonyl (C=O) groups is 2. The molecule has 0 aromatic rings. The highest BCUT2D eigenvalue weighted by atomic mass is 16.5. The molecule has 0 aromatic heterocycles. The Hall–Kier alpha value is -1.32. The molecule has 0 amide bonds. The Morgan fingerprint density at radius 2 is 2.12 bits per heavy atom. The normalized spacial score (nSPS) is 34.6. The molecule has 2 bridgehead atoms. The summed E-state index contributed by atoms with van der Waals surface area (Å²) in [6.45, 7) is 5.19. The Kier molecular flexibility index (Phi) is 3.22. The second-order valence-electron chi connectivity index (χ2n) is 5.22. The first-order valence-electron chi connectivity index (χ1n) is 6.07. The zero-order valence-electron chi connectivity index (χ0n) is 10.0. The van der Waals surface area contributed by atoms with E-state index in [1.54, 1.807) is 6.92 Å². The zero-order valence-corrected chi connectivity index (χ0v) is 10.0. The van der Waals surface area contributed by atoms with Crippen molar-refractivity contribution in [2.24, 2.45) is 17.8 Å². The highest BCUT2D eigenvalue weighted by molar-refractivity contribution is 5.87. The van der Waals surface area contributed by atoms with Crippen LogP contribution in [0.1, 0.15) is 32.6 Å². The van der Waals surface area contributed by atoms with Gasteiger partial charge in [-0.3, -0.25) is 4.79 Å². The van der Waals surface area contributed by atoms with Crippen molar-refractivity contribution in [1.29, 1.82) is 0 Å². The van der Waals surface area contributed by atoms with Crippen molar-refractivity contribution >= 4 is 11.9 Å². The Balaban J connectivity index is 1.98. The van der Waals surface area contributed by atoms with Gasteiger partial charge < -0.3 is 9.84 Å². The smallest absolute Gasteiger partial charge is 0.333 e. The summed E-state index contributed by atoms with van der Waals surface area (Å²) in [5.74, 6) is -0.260. The van der Waals surface area contributed by atoms with Crippen LogP contribution in [-0.2, 0) is 14.3 Å². The first kappa shape index (κ1) is 12.1. The van der Waals surface area contributed by atoms with Gasteiger partial charge in [-0.15, -0.1) is 0 Å². The molecule has 2 aliphatic carbocycles. The summed E-state index contributed by atoms with van der Waals surface area (Å²) in [4.78, 5) is 22.3. The second kappa shape index (κ2) is 4.51. The summed E-state index contributed by atoms with van der Waals surface area (Å²) in [6, 6.07) is 0. The highest BCUT2D eigenvalue weighted by Crippen LogP contribution is 2.52. The maximum Gasteiger partial charge on any atom is 0.333 e. The van der Waals surface area contributed by atoms with E-state index >= 15 is 0 Å². The lowest BCUT2D eigenvalue weighted by Gasteiger charge is -2.22. The third kappa shape index (κ3) is 2.35. The number of hydrogen-bond acceptors (Lipinski definition) is 3. The fourth-order valence-electron chi connectivity index (χ4n) is 3.30. The topological polar surface area (TPSA) is 63.6 Å². The van der Waals surface area contributed by atoms with E-state index < -0.39 is 5.97 Å². The van der Waals surface area contributed by atoms with Gasteiger partial charge in [0, 0.05) is 12.0 Å². The number of hydrogen-bond donors (Lipinski definition) is 1. The average Bonchev–Trinajstić information content (AvgIpc) is 2.74. The van der Waals surface area contributed by atoms with Gasteiger partial charge in [0.2, 0.25) is 0 Å². The van der Waals surface area contributed by atoms with Crippen molar-refractivity contribution < 1.29 is 19.4 Å². The lowest BCUT2D eigenvalue weighted by Crippen LogP contribution is -2.25. The summed E-state index contributed by atoms with van der Waals surface area (Å²) in [5, 5.41) is 8.87. The van der Waals surface area contributed by atoms with Crippen molar-refractivity contribution in [3.05, 3.63) is 12.2 Å². The molecule has 0 radical (unpaired) electrons. The first-order chi connectivity index (χ1) is 7.99. The van der Waals surface area contributed by atoms with Gasteiger partial charge >= 0.3 is 11.9 Å². The van der Waals surface area contributed by atoms with E-state index in [-0.39, 0.29) is 30.3 Å². The van der Waals surface area contributed by atoms with Crippen LogP contribution in [0.3, 0.4) is 0 Å². The molecule has 94 valence electrons. The van der Waals surface area contributed by atoms with Gasteiger partial charge in [0.1, 0.15) is 6.10 Å². The van der Waals surface area contributed by atoms with Crippen LogP contribution in [0.25, 0.3) is 0 Å². The number of fused-ring (bicyclic) bond motifs is 2. The fraction of sp³-hybridized carbons (Fsp3) is 0.692. The predicted molar refractivity (Wildman–Crippen MR) is 61.3 cm³/mol. The van der Waals surface area contributed by atoms with Gasteiger partial charge in [0.25, 0.3) is 0 Å². The maximum absolute atomic E-state index is 11.5. The maximum atomic E-state index is 11.5. The number of ether oxygens (including phenoxy) is 1. The van der Waals surface area contributed by atoms with E-state index in [0.717, 1.165) is 19.3 Å². The van der Waals surface area contributed by atoms with Gasteiger partial charge in [0.05, 0.1) is 0 Å². The standard InChI is InChI=1S/C13H18O4/c1-7(2)13(16)17-11-5-8-3-4-9(11)10(8)6-12(14)15/h8-11H,1,3-6H2,2H3,(H,14,15). The Bertz CT molecular complexity index is 360. The molecule has 0 spiro atoms. The van der Waals surface area contributed by atoms with Crippen molar-refractivity contribution in [3.63, 3.8) is 0 Å². The predicted octanol–water partition coefficient (Wildman–Crippen LogP) is 2.00. The zero-order chi connectivity index (χ0) is 12.6. The van der Waals surface area contributed by atoms with Gasteiger partial charge in [-0.2, -0.15) is 0 Å². The van der Waals surface area contributed by atoms with Crippen molar-refractivity contribution in [2.45, 2.75) is 38.7 Å². The number of carboxylic acid groups (broad SMARTS) is 1. The van der Waals surface area contributed by atoms with E-state index in [1.807, 2.05) is 0 Å². The minimum atomic E-state index is -0.751. The number of aliphatic carboxylic acids is 1. The third-order valence-electron chi connectivity index (χ3n) is 4.06. The average molecular weight is 238 g/mol. The van der Waals surface area contributed by atoms with Crippen LogP contribution < -0.4 is 0 Å². The summed E-state index contributed by atoms with van der Waals surface area (Å²) in [5.41, 5.74) is 0.405. The largest absolute Gasteiger partial charge is 0.481 e. The van der Waals surface area contributed by atoms with Crippen LogP contribution in [-0.4, -0.2) is 23.1 Å². The van der Waals surface area contributed by atoms with E-state index in [0.29, 0.717) is 11.5 Å². The van der Waals surface area contributed by atoms with E-state index in [2.05, 4.69) is 6.58 Å². The monoisotopic (exact) mass is 238 g/mol. The van der Waals surface area contributed by atoms with Crippen LogP contribution in [0.15, 0.2) is 12.2 Å². The van der Waals surface area contributed by atoms with Crippen LogP contribution in [0.5, 0.6) is 0 Å². The number of rotatable bonds is 4. The minimum absolute atomic E-state index is 0.0951.